The van der Waals surface area contributed by atoms with Gasteiger partial charge < -0.3 is 20.4 Å². The van der Waals surface area contributed by atoms with Gasteiger partial charge in [-0.3, -0.25) is 4.79 Å². The van der Waals surface area contributed by atoms with E-state index in [1.54, 1.807) is 24.3 Å². The maximum Gasteiger partial charge on any atom is 0.413 e. The van der Waals surface area contributed by atoms with Crippen molar-refractivity contribution in [2.24, 2.45) is 0 Å². The quantitative estimate of drug-likeness (QED) is 0.399. The van der Waals surface area contributed by atoms with Crippen molar-refractivity contribution in [2.75, 3.05) is 5.32 Å². The molecule has 3 aromatic carbocycles. The van der Waals surface area contributed by atoms with E-state index in [9.17, 15) is 9.59 Å². The number of para-hydroxylation sites is 3. The van der Waals surface area contributed by atoms with Crippen molar-refractivity contribution in [2.45, 2.75) is 26.3 Å². The van der Waals surface area contributed by atoms with E-state index in [2.05, 4.69) is 15.6 Å². The number of benzene rings is 3. The summed E-state index contributed by atoms with van der Waals surface area (Å²) in [5.74, 6) is 0.101. The summed E-state index contributed by atoms with van der Waals surface area (Å²) in [5, 5.41) is 6.74. The fourth-order valence-corrected chi connectivity index (χ4v) is 3.72. The summed E-state index contributed by atoms with van der Waals surface area (Å²) < 4.78 is 5.36. The lowest BCUT2D eigenvalue weighted by Gasteiger charge is -2.20. The molecule has 0 aliphatic heterocycles. The number of aryl methyl sites for hydroxylation is 2. The molecule has 0 bridgehead atoms. The van der Waals surface area contributed by atoms with Crippen LogP contribution in [0.3, 0.4) is 0 Å². The molecule has 0 radical (unpaired) electrons. The number of fused-ring (bicyclic) bond motifs is 1. The molecule has 0 fully saturated rings. The Morgan fingerprint density at radius 1 is 0.906 bits per heavy atom. The van der Waals surface area contributed by atoms with Crippen molar-refractivity contribution in [3.8, 4) is 5.75 Å². The first-order valence-electron chi connectivity index (χ1n) is 10.5. The van der Waals surface area contributed by atoms with Crippen LogP contribution in [0.4, 0.5) is 10.5 Å². The average molecular weight is 428 g/mol. The number of anilines is 1. The molecule has 3 N–H and O–H groups in total. The zero-order valence-corrected chi connectivity index (χ0v) is 18.0. The number of hydrogen-bond donors (Lipinski definition) is 3. The fraction of sp³-hybridized carbons (Fsp3) is 0.154. The highest BCUT2D eigenvalue weighted by Crippen LogP contribution is 2.22. The molecule has 6 nitrogen and oxygen atoms in total. The molecule has 0 unspecified atom stereocenters. The van der Waals surface area contributed by atoms with Crippen molar-refractivity contribution in [3.63, 3.8) is 0 Å². The Kier molecular flexibility index (Phi) is 6.22. The minimum Gasteiger partial charge on any atom is -0.410 e. The largest absolute Gasteiger partial charge is 0.413 e. The first kappa shape index (κ1) is 21.2. The lowest BCUT2D eigenvalue weighted by Crippen LogP contribution is -2.46. The monoisotopic (exact) mass is 427 g/mol. The van der Waals surface area contributed by atoms with Gasteiger partial charge >= 0.3 is 6.09 Å². The number of ether oxygens (including phenoxy) is 1. The van der Waals surface area contributed by atoms with Gasteiger partial charge in [-0.05, 0) is 48.7 Å². The summed E-state index contributed by atoms with van der Waals surface area (Å²) >= 11 is 0. The summed E-state index contributed by atoms with van der Waals surface area (Å²) in [6.07, 6.45) is 1.50. The lowest BCUT2D eigenvalue weighted by molar-refractivity contribution is -0.118. The van der Waals surface area contributed by atoms with E-state index >= 15 is 0 Å². The maximum absolute atomic E-state index is 13.3. The number of carbonyl (C=O) groups is 2. The van der Waals surface area contributed by atoms with Gasteiger partial charge in [0.2, 0.25) is 5.91 Å². The molecule has 6 heteroatoms. The molecule has 1 atom stereocenters. The van der Waals surface area contributed by atoms with E-state index in [0.29, 0.717) is 12.2 Å². The molecule has 2 amide bonds. The van der Waals surface area contributed by atoms with E-state index in [1.807, 2.05) is 68.6 Å². The highest BCUT2D eigenvalue weighted by Gasteiger charge is 2.24. The summed E-state index contributed by atoms with van der Waals surface area (Å²) in [7, 11) is 0. The van der Waals surface area contributed by atoms with E-state index in [-0.39, 0.29) is 5.91 Å². The minimum atomic E-state index is -0.829. The van der Waals surface area contributed by atoms with Crippen LogP contribution in [0.2, 0.25) is 0 Å². The Hall–Kier alpha value is -4.06. The second kappa shape index (κ2) is 9.39. The predicted molar refractivity (Wildman–Crippen MR) is 126 cm³/mol. The molecule has 0 saturated heterocycles. The van der Waals surface area contributed by atoms with Crippen LogP contribution in [-0.4, -0.2) is 23.0 Å². The number of hydrogen-bond acceptors (Lipinski definition) is 3. The third-order valence-corrected chi connectivity index (χ3v) is 5.39. The van der Waals surface area contributed by atoms with Gasteiger partial charge in [-0.1, -0.05) is 54.6 Å². The van der Waals surface area contributed by atoms with Gasteiger partial charge in [0, 0.05) is 29.2 Å². The molecule has 4 rings (SSSR count). The SMILES string of the molecule is Cc1cccc(C)c1NC(=O)[C@@H](Cc1c[nH]c2ccccc12)NC(=O)Oc1ccccc1. The molecule has 0 aliphatic carbocycles. The van der Waals surface area contributed by atoms with Gasteiger partial charge in [0.05, 0.1) is 0 Å². The van der Waals surface area contributed by atoms with E-state index in [1.165, 1.54) is 0 Å². The Morgan fingerprint density at radius 3 is 2.34 bits per heavy atom. The van der Waals surface area contributed by atoms with Crippen molar-refractivity contribution < 1.29 is 14.3 Å². The van der Waals surface area contributed by atoms with Crippen LogP contribution in [0, 0.1) is 13.8 Å². The first-order valence-corrected chi connectivity index (χ1v) is 10.5. The zero-order valence-electron chi connectivity index (χ0n) is 18.0. The van der Waals surface area contributed by atoms with E-state index < -0.39 is 12.1 Å². The number of H-pyrrole nitrogens is 1. The van der Waals surface area contributed by atoms with Gasteiger partial charge in [-0.15, -0.1) is 0 Å². The van der Waals surface area contributed by atoms with Crippen molar-refractivity contribution in [3.05, 3.63) is 95.7 Å². The highest BCUT2D eigenvalue weighted by molar-refractivity contribution is 5.98. The van der Waals surface area contributed by atoms with Crippen LogP contribution in [0.1, 0.15) is 16.7 Å². The van der Waals surface area contributed by atoms with Crippen LogP contribution in [0.15, 0.2) is 79.0 Å². The number of carbonyl (C=O) groups excluding carboxylic acids is 2. The molecular formula is C26H25N3O3. The molecule has 0 spiro atoms. The van der Waals surface area contributed by atoms with Crippen LogP contribution in [0.25, 0.3) is 10.9 Å². The molecule has 0 saturated carbocycles. The highest BCUT2D eigenvalue weighted by atomic mass is 16.6. The predicted octanol–water partition coefficient (Wildman–Crippen LogP) is 5.12. The van der Waals surface area contributed by atoms with Gasteiger partial charge in [0.15, 0.2) is 0 Å². The third kappa shape index (κ3) is 4.81. The standard InChI is InChI=1S/C26H25N3O3/c1-17-9-8-10-18(2)24(17)29-25(30)23(28-26(31)32-20-11-4-3-5-12-20)15-19-16-27-22-14-7-6-13-21(19)22/h3-14,16,23,27H,15H2,1-2H3,(H,28,31)(H,29,30)/t23-/m1/s1. The maximum atomic E-state index is 13.3. The Labute approximate surface area is 186 Å². The van der Waals surface area contributed by atoms with Gasteiger partial charge in [-0.25, -0.2) is 4.79 Å². The fourth-order valence-electron chi connectivity index (χ4n) is 3.72. The van der Waals surface area contributed by atoms with Gasteiger partial charge in [0.25, 0.3) is 0 Å². The Morgan fingerprint density at radius 2 is 1.59 bits per heavy atom. The molecular weight excluding hydrogens is 402 g/mol. The van der Waals surface area contributed by atoms with Crippen LogP contribution < -0.4 is 15.4 Å². The zero-order chi connectivity index (χ0) is 22.5. The topological polar surface area (TPSA) is 83.2 Å². The molecule has 4 aromatic rings. The van der Waals surface area contributed by atoms with Crippen molar-refractivity contribution >= 4 is 28.6 Å². The Balaban J connectivity index is 1.58. The second-order valence-electron chi connectivity index (χ2n) is 7.72. The lowest BCUT2D eigenvalue weighted by atomic mass is 10.0. The average Bonchev–Trinajstić information content (AvgIpc) is 3.19. The number of aromatic amines is 1. The van der Waals surface area contributed by atoms with Crippen molar-refractivity contribution in [1.82, 2.24) is 10.3 Å². The summed E-state index contributed by atoms with van der Waals surface area (Å²) in [6.45, 7) is 3.88. The third-order valence-electron chi connectivity index (χ3n) is 5.39. The normalized spacial score (nSPS) is 11.7. The van der Waals surface area contributed by atoms with Crippen LogP contribution >= 0.6 is 0 Å². The Bertz CT molecular complexity index is 1230. The summed E-state index contributed by atoms with van der Waals surface area (Å²) in [4.78, 5) is 29.1. The second-order valence-corrected chi connectivity index (χ2v) is 7.72. The van der Waals surface area contributed by atoms with Gasteiger partial charge in [-0.2, -0.15) is 0 Å². The number of nitrogens with one attached hydrogen (secondary N) is 3. The number of rotatable bonds is 6. The van der Waals surface area contributed by atoms with Crippen LogP contribution in [-0.2, 0) is 11.2 Å². The van der Waals surface area contributed by atoms with E-state index in [4.69, 9.17) is 4.74 Å². The summed E-state index contributed by atoms with van der Waals surface area (Å²) in [5.41, 5.74) is 4.57. The molecule has 0 aliphatic rings. The molecule has 1 heterocycles. The summed E-state index contributed by atoms with van der Waals surface area (Å²) in [6, 6.07) is 21.6. The number of aromatic nitrogens is 1. The van der Waals surface area contributed by atoms with E-state index in [0.717, 1.165) is 33.3 Å². The smallest absolute Gasteiger partial charge is 0.410 e. The van der Waals surface area contributed by atoms with Crippen molar-refractivity contribution in [1.29, 1.82) is 0 Å². The first-order chi connectivity index (χ1) is 15.5. The van der Waals surface area contributed by atoms with Gasteiger partial charge in [0.1, 0.15) is 11.8 Å². The molecule has 162 valence electrons. The minimum absolute atomic E-state index is 0.308. The number of amides is 2. The molecule has 32 heavy (non-hydrogen) atoms. The van der Waals surface area contributed by atoms with Crippen LogP contribution in [0.5, 0.6) is 5.75 Å². The molecule has 1 aromatic heterocycles.